The number of rotatable bonds is 8. The number of aryl methyl sites for hydroxylation is 1. The zero-order chi connectivity index (χ0) is 27.2. The topological polar surface area (TPSA) is 72.8 Å². The molecule has 0 saturated heterocycles. The first-order valence-electron chi connectivity index (χ1n) is 12.4. The van der Waals surface area contributed by atoms with Crippen molar-refractivity contribution < 1.29 is 14.3 Å². The van der Waals surface area contributed by atoms with E-state index in [-0.39, 0.29) is 5.91 Å². The zero-order valence-electron chi connectivity index (χ0n) is 21.5. The summed E-state index contributed by atoms with van der Waals surface area (Å²) in [4.78, 5) is 18.0. The van der Waals surface area contributed by atoms with E-state index in [0.717, 1.165) is 36.9 Å². The van der Waals surface area contributed by atoms with E-state index < -0.39 is 0 Å². The van der Waals surface area contributed by atoms with Gasteiger partial charge in [-0.3, -0.25) is 4.79 Å². The number of para-hydroxylation sites is 1. The van der Waals surface area contributed by atoms with Crippen LogP contribution in [0.3, 0.4) is 0 Å². The largest absolute Gasteiger partial charge is 0.493 e. The Balaban J connectivity index is 1.35. The van der Waals surface area contributed by atoms with Gasteiger partial charge < -0.3 is 9.47 Å². The Labute approximate surface area is 240 Å². The van der Waals surface area contributed by atoms with Crippen LogP contribution in [0, 0.1) is 10.5 Å². The molecule has 0 atom stereocenters. The molecule has 1 amide bonds. The van der Waals surface area contributed by atoms with Crippen LogP contribution in [0.15, 0.2) is 102 Å². The Morgan fingerprint density at radius 3 is 2.56 bits per heavy atom. The lowest BCUT2D eigenvalue weighted by Gasteiger charge is -2.14. The maximum Gasteiger partial charge on any atom is 0.272 e. The van der Waals surface area contributed by atoms with Gasteiger partial charge in [-0.1, -0.05) is 78.4 Å². The van der Waals surface area contributed by atoms with Crippen molar-refractivity contribution in [2.45, 2.75) is 13.5 Å². The number of aromatic nitrogens is 1. The molecule has 0 saturated carbocycles. The maximum atomic E-state index is 13.2. The van der Waals surface area contributed by atoms with Gasteiger partial charge in [-0.15, -0.1) is 0 Å². The molecule has 0 radical (unpaired) electrons. The van der Waals surface area contributed by atoms with Crippen LogP contribution < -0.4 is 14.9 Å². The van der Waals surface area contributed by atoms with Gasteiger partial charge in [0.1, 0.15) is 6.61 Å². The van der Waals surface area contributed by atoms with E-state index >= 15 is 0 Å². The molecule has 5 aromatic rings. The number of pyridine rings is 1. The van der Waals surface area contributed by atoms with Crippen molar-refractivity contribution in [3.05, 3.63) is 123 Å². The summed E-state index contributed by atoms with van der Waals surface area (Å²) in [6, 6.07) is 31.1. The molecule has 194 valence electrons. The molecule has 39 heavy (non-hydrogen) atoms. The fourth-order valence-corrected chi connectivity index (χ4v) is 5.04. The Bertz CT molecular complexity index is 1670. The highest BCUT2D eigenvalue weighted by Gasteiger charge is 2.14. The first-order chi connectivity index (χ1) is 19.0. The van der Waals surface area contributed by atoms with Gasteiger partial charge in [0.25, 0.3) is 5.91 Å². The number of methoxy groups -OCH3 is 1. The van der Waals surface area contributed by atoms with Crippen LogP contribution in [0.1, 0.15) is 27.0 Å². The fourth-order valence-electron chi connectivity index (χ4n) is 4.26. The summed E-state index contributed by atoms with van der Waals surface area (Å²) in [7, 11) is 1.60. The van der Waals surface area contributed by atoms with Crippen molar-refractivity contribution >= 4 is 45.6 Å². The van der Waals surface area contributed by atoms with Crippen LogP contribution in [0.25, 0.3) is 22.2 Å². The SMILES string of the molecule is COc1cc(/C=N/NC(=O)c2cc(-c3ccccc3)nc3ccccc23)cc(I)c1OCc1cccc(C)c1. The highest BCUT2D eigenvalue weighted by molar-refractivity contribution is 14.1. The van der Waals surface area contributed by atoms with E-state index in [1.807, 2.05) is 78.9 Å². The number of carbonyl (C=O) groups is 1. The number of nitrogens with one attached hydrogen (secondary N) is 1. The van der Waals surface area contributed by atoms with Gasteiger partial charge in [-0.25, -0.2) is 10.4 Å². The van der Waals surface area contributed by atoms with Gasteiger partial charge in [0, 0.05) is 10.9 Å². The Morgan fingerprint density at radius 2 is 1.77 bits per heavy atom. The first-order valence-corrected chi connectivity index (χ1v) is 13.4. The number of hydrogen-bond acceptors (Lipinski definition) is 5. The lowest BCUT2D eigenvalue weighted by molar-refractivity contribution is 0.0956. The van der Waals surface area contributed by atoms with E-state index in [0.29, 0.717) is 23.7 Å². The quantitative estimate of drug-likeness (QED) is 0.113. The molecule has 0 aliphatic carbocycles. The van der Waals surface area contributed by atoms with Crippen LogP contribution in [0.5, 0.6) is 11.5 Å². The predicted octanol–water partition coefficient (Wildman–Crippen LogP) is 7.17. The number of amides is 1. The van der Waals surface area contributed by atoms with Crippen LogP contribution in [0.2, 0.25) is 0 Å². The number of nitrogens with zero attached hydrogens (tertiary/aromatic N) is 2. The summed E-state index contributed by atoms with van der Waals surface area (Å²) in [6.07, 6.45) is 1.59. The van der Waals surface area contributed by atoms with E-state index in [4.69, 9.17) is 14.5 Å². The van der Waals surface area contributed by atoms with Crippen molar-refractivity contribution in [3.8, 4) is 22.8 Å². The highest BCUT2D eigenvalue weighted by Crippen LogP contribution is 2.34. The minimum Gasteiger partial charge on any atom is -0.493 e. The molecule has 1 aromatic heterocycles. The van der Waals surface area contributed by atoms with Gasteiger partial charge in [0.15, 0.2) is 11.5 Å². The summed E-state index contributed by atoms with van der Waals surface area (Å²) in [6.45, 7) is 2.49. The molecule has 1 heterocycles. The average molecular weight is 627 g/mol. The van der Waals surface area contributed by atoms with Gasteiger partial charge in [0.05, 0.1) is 33.7 Å². The molecule has 0 aliphatic heterocycles. The van der Waals surface area contributed by atoms with E-state index in [2.05, 4.69) is 52.2 Å². The Morgan fingerprint density at radius 1 is 0.974 bits per heavy atom. The number of hydrazone groups is 1. The second-order valence-electron chi connectivity index (χ2n) is 8.95. The van der Waals surface area contributed by atoms with Crippen LogP contribution in [-0.4, -0.2) is 24.2 Å². The summed E-state index contributed by atoms with van der Waals surface area (Å²) >= 11 is 2.22. The molecule has 0 aliphatic rings. The van der Waals surface area contributed by atoms with Crippen LogP contribution in [0.4, 0.5) is 0 Å². The summed E-state index contributed by atoms with van der Waals surface area (Å²) < 4.78 is 12.6. The van der Waals surface area contributed by atoms with E-state index in [1.165, 1.54) is 5.56 Å². The zero-order valence-corrected chi connectivity index (χ0v) is 23.7. The lowest BCUT2D eigenvalue weighted by atomic mass is 10.0. The first kappa shape index (κ1) is 26.4. The Kier molecular flexibility index (Phi) is 8.17. The molecule has 6 nitrogen and oxygen atoms in total. The van der Waals surface area contributed by atoms with Crippen molar-refractivity contribution in [1.29, 1.82) is 0 Å². The third kappa shape index (κ3) is 6.26. The molecular formula is C32H26IN3O3. The van der Waals surface area contributed by atoms with Crippen molar-refractivity contribution in [2.24, 2.45) is 5.10 Å². The molecule has 7 heteroatoms. The number of fused-ring (bicyclic) bond motifs is 1. The minimum absolute atomic E-state index is 0.318. The summed E-state index contributed by atoms with van der Waals surface area (Å²) in [5, 5.41) is 4.99. The molecule has 1 N–H and O–H groups in total. The highest BCUT2D eigenvalue weighted by atomic mass is 127. The normalized spacial score (nSPS) is 11.1. The second-order valence-corrected chi connectivity index (χ2v) is 10.1. The monoisotopic (exact) mass is 627 g/mol. The third-order valence-electron chi connectivity index (χ3n) is 6.13. The Hall–Kier alpha value is -4.24. The molecule has 5 rings (SSSR count). The van der Waals surface area contributed by atoms with Gasteiger partial charge in [-0.2, -0.15) is 5.10 Å². The number of ether oxygens (including phenoxy) is 2. The molecule has 0 bridgehead atoms. The van der Waals surface area contributed by atoms with Crippen LogP contribution >= 0.6 is 22.6 Å². The number of benzene rings is 4. The molecule has 0 unspecified atom stereocenters. The van der Waals surface area contributed by atoms with Gasteiger partial charge in [-0.05, 0) is 64.9 Å². The number of halogens is 1. The number of carbonyl (C=O) groups excluding carboxylic acids is 1. The van der Waals surface area contributed by atoms with Gasteiger partial charge in [0.2, 0.25) is 0 Å². The summed E-state index contributed by atoms with van der Waals surface area (Å²) in [5.41, 5.74) is 8.61. The van der Waals surface area contributed by atoms with Crippen LogP contribution in [-0.2, 0) is 6.61 Å². The van der Waals surface area contributed by atoms with Gasteiger partial charge >= 0.3 is 0 Å². The van der Waals surface area contributed by atoms with E-state index in [9.17, 15) is 4.79 Å². The molecular weight excluding hydrogens is 601 g/mol. The smallest absolute Gasteiger partial charge is 0.272 e. The van der Waals surface area contributed by atoms with E-state index in [1.54, 1.807) is 19.4 Å². The second kappa shape index (κ2) is 12.1. The fraction of sp³-hybridized carbons (Fsp3) is 0.0938. The van der Waals surface area contributed by atoms with Crippen molar-refractivity contribution in [3.63, 3.8) is 0 Å². The molecule has 4 aromatic carbocycles. The third-order valence-corrected chi connectivity index (χ3v) is 6.93. The van der Waals surface area contributed by atoms with Crippen molar-refractivity contribution in [1.82, 2.24) is 10.4 Å². The average Bonchev–Trinajstić information content (AvgIpc) is 2.96. The molecule has 0 fully saturated rings. The maximum absolute atomic E-state index is 13.2. The molecule has 0 spiro atoms. The summed E-state index contributed by atoms with van der Waals surface area (Å²) in [5.74, 6) is 0.939. The van der Waals surface area contributed by atoms with Crippen molar-refractivity contribution in [2.75, 3.05) is 7.11 Å². The number of hydrogen-bond donors (Lipinski definition) is 1. The standard InChI is InChI=1S/C32H26IN3O3/c1-21-9-8-10-22(15-21)20-39-31-27(33)16-23(17-30(31)38-2)19-34-36-32(37)26-18-29(24-11-4-3-5-12-24)35-28-14-7-6-13-25(26)28/h3-19H,20H2,1-2H3,(H,36,37)/b34-19+. The minimum atomic E-state index is -0.318. The lowest BCUT2D eigenvalue weighted by Crippen LogP contribution is -2.18. The predicted molar refractivity (Wildman–Crippen MR) is 163 cm³/mol.